The second kappa shape index (κ2) is 10.5. The highest BCUT2D eigenvalue weighted by Gasteiger charge is 2.29. The highest BCUT2D eigenvalue weighted by molar-refractivity contribution is 7.87. The van der Waals surface area contributed by atoms with Crippen molar-refractivity contribution in [2.45, 2.75) is 25.7 Å². The third-order valence-electron chi connectivity index (χ3n) is 4.44. The van der Waals surface area contributed by atoms with E-state index in [1.54, 1.807) is 17.3 Å². The van der Waals surface area contributed by atoms with Crippen LogP contribution in [-0.2, 0) is 21.8 Å². The second-order valence-electron chi connectivity index (χ2n) is 7.24. The van der Waals surface area contributed by atoms with Gasteiger partial charge in [-0.1, -0.05) is 42.8 Å². The third kappa shape index (κ3) is 6.24. The van der Waals surface area contributed by atoms with Gasteiger partial charge in [0.05, 0.1) is 21.4 Å². The van der Waals surface area contributed by atoms with Crippen LogP contribution in [0.15, 0.2) is 52.4 Å². The normalized spacial score (nSPS) is 18.9. The van der Waals surface area contributed by atoms with E-state index in [0.717, 1.165) is 0 Å². The molecule has 0 saturated carbocycles. The predicted molar refractivity (Wildman–Crippen MR) is 124 cm³/mol. The molecule has 0 aromatic heterocycles. The summed E-state index contributed by atoms with van der Waals surface area (Å²) in [5, 5.41) is 0. The topological polar surface area (TPSA) is 119 Å². The molecule has 3 unspecified atom stereocenters. The lowest BCUT2D eigenvalue weighted by molar-refractivity contribution is 0.100. The molecule has 2 aromatic rings. The largest absolute Gasteiger partial charge is 0.370 e. The lowest BCUT2D eigenvalue weighted by Gasteiger charge is -2.21. The zero-order valence-corrected chi connectivity index (χ0v) is 19.3. The number of aliphatic imine (C=N–C) groups is 1. The summed E-state index contributed by atoms with van der Waals surface area (Å²) in [5.74, 6) is -0.0511. The van der Waals surface area contributed by atoms with E-state index in [9.17, 15) is 13.2 Å². The molecule has 0 spiro atoms. The Bertz CT molecular complexity index is 989. The van der Waals surface area contributed by atoms with Crippen LogP contribution >= 0.6 is 0 Å². The Hall–Kier alpha value is -2.52. The first-order valence-corrected chi connectivity index (χ1v) is 12.2. The summed E-state index contributed by atoms with van der Waals surface area (Å²) in [6.07, 6.45) is 1.52. The molecule has 1 aliphatic heterocycles. The van der Waals surface area contributed by atoms with E-state index in [2.05, 4.69) is 24.0 Å². The number of anilines is 1. The van der Waals surface area contributed by atoms with Gasteiger partial charge in [0.25, 0.3) is 5.91 Å². The van der Waals surface area contributed by atoms with Gasteiger partial charge in [-0.2, -0.15) is 4.99 Å². The summed E-state index contributed by atoms with van der Waals surface area (Å²) in [4.78, 5) is 16.1. The fourth-order valence-electron chi connectivity index (χ4n) is 3.00. The number of carbonyl (C=O) groups excluding carboxylic acids is 1. The highest BCUT2D eigenvalue weighted by Crippen LogP contribution is 2.32. The predicted octanol–water partition coefficient (Wildman–Crippen LogP) is 2.26. The molecule has 1 fully saturated rings. The molecule has 4 N–H and O–H groups in total. The van der Waals surface area contributed by atoms with Crippen LogP contribution in [-0.4, -0.2) is 38.8 Å². The summed E-state index contributed by atoms with van der Waals surface area (Å²) >= 11 is 0. The first-order chi connectivity index (χ1) is 14.1. The maximum atomic E-state index is 12.3. The van der Waals surface area contributed by atoms with Crippen molar-refractivity contribution in [3.05, 3.63) is 59.2 Å². The molecular weight excluding hydrogens is 420 g/mol. The molecule has 1 aliphatic rings. The average Bonchev–Trinajstić information content (AvgIpc) is 2.99. The van der Waals surface area contributed by atoms with E-state index < -0.39 is 27.7 Å². The maximum Gasteiger partial charge on any atom is 0.280 e. The summed E-state index contributed by atoms with van der Waals surface area (Å²) in [6, 6.07) is 13.5. The van der Waals surface area contributed by atoms with Crippen LogP contribution in [0, 0.1) is 19.8 Å². The minimum Gasteiger partial charge on any atom is -0.370 e. The lowest BCUT2D eigenvalue weighted by Crippen LogP contribution is -2.25. The Labute approximate surface area is 182 Å². The summed E-state index contributed by atoms with van der Waals surface area (Å²) in [6.45, 7) is 6.46. The summed E-state index contributed by atoms with van der Waals surface area (Å²) < 4.78 is 26.1. The van der Waals surface area contributed by atoms with Crippen LogP contribution in [0.3, 0.4) is 0 Å². The summed E-state index contributed by atoms with van der Waals surface area (Å²) in [7, 11) is -2.51. The first-order valence-electron chi connectivity index (χ1n) is 9.39. The number of rotatable bonds is 3. The van der Waals surface area contributed by atoms with Gasteiger partial charge in [0.15, 0.2) is 5.96 Å². The second-order valence-corrected chi connectivity index (χ2v) is 10.0. The van der Waals surface area contributed by atoms with Crippen LogP contribution in [0.4, 0.5) is 5.69 Å². The van der Waals surface area contributed by atoms with Crippen molar-refractivity contribution >= 4 is 39.3 Å². The Morgan fingerprint density at radius 1 is 1.20 bits per heavy atom. The van der Waals surface area contributed by atoms with Crippen LogP contribution in [0.5, 0.6) is 0 Å². The highest BCUT2D eigenvalue weighted by atomic mass is 32.2. The Kier molecular flexibility index (Phi) is 8.31. The molecule has 0 bridgehead atoms. The SMILES string of the molecule is Cc1cc(N2CC(C)CS2=O)c(S(C)=O)cc1C(=O)N=C(N)N.Cc1ccccc1. The lowest BCUT2D eigenvalue weighted by atomic mass is 10.1. The van der Waals surface area contributed by atoms with Crippen molar-refractivity contribution in [3.8, 4) is 0 Å². The van der Waals surface area contributed by atoms with Gasteiger partial charge in [-0.3, -0.25) is 13.3 Å². The zero-order valence-electron chi connectivity index (χ0n) is 17.6. The van der Waals surface area contributed by atoms with Crippen molar-refractivity contribution < 1.29 is 13.2 Å². The van der Waals surface area contributed by atoms with Crippen molar-refractivity contribution in [2.75, 3.05) is 22.9 Å². The van der Waals surface area contributed by atoms with Crippen LogP contribution < -0.4 is 15.8 Å². The number of benzene rings is 2. The molecule has 9 heteroatoms. The van der Waals surface area contributed by atoms with Gasteiger partial charge in [-0.15, -0.1) is 0 Å². The Morgan fingerprint density at radius 3 is 2.27 bits per heavy atom. The number of nitrogens with zero attached hydrogens (tertiary/aromatic N) is 2. The van der Waals surface area contributed by atoms with Crippen LogP contribution in [0.2, 0.25) is 0 Å². The fourth-order valence-corrected chi connectivity index (χ4v) is 5.37. The number of amides is 1. The van der Waals surface area contributed by atoms with Gasteiger partial charge in [0.1, 0.15) is 11.0 Å². The van der Waals surface area contributed by atoms with Gasteiger partial charge in [-0.25, -0.2) is 4.21 Å². The van der Waals surface area contributed by atoms with E-state index in [-0.39, 0.29) is 17.4 Å². The molecule has 162 valence electrons. The van der Waals surface area contributed by atoms with Crippen molar-refractivity contribution in [2.24, 2.45) is 22.4 Å². The van der Waals surface area contributed by atoms with Gasteiger partial charge < -0.3 is 11.5 Å². The quantitative estimate of drug-likeness (QED) is 0.551. The van der Waals surface area contributed by atoms with E-state index >= 15 is 0 Å². The van der Waals surface area contributed by atoms with E-state index in [4.69, 9.17) is 11.5 Å². The number of guanidine groups is 1. The molecule has 1 saturated heterocycles. The standard InChI is InChI=1S/C14H20N4O3S2.C7H8/c1-8-6-18(23(21)7-8)11-4-9(2)10(5-12(11)22(3)20)13(19)17-14(15)16;1-7-5-3-2-4-6-7/h4-5,8H,6-7H2,1-3H3,(H4,15,16,17,19);2-6H,1H3. The molecule has 1 heterocycles. The number of nitrogens with two attached hydrogens (primary N) is 2. The Balaban J connectivity index is 0.000000386. The molecule has 0 aliphatic carbocycles. The van der Waals surface area contributed by atoms with E-state index in [1.807, 2.05) is 25.1 Å². The van der Waals surface area contributed by atoms with Gasteiger partial charge in [0.2, 0.25) is 0 Å². The average molecular weight is 449 g/mol. The van der Waals surface area contributed by atoms with E-state index in [1.165, 1.54) is 17.9 Å². The zero-order chi connectivity index (χ0) is 22.4. The number of aryl methyl sites for hydroxylation is 2. The molecule has 30 heavy (non-hydrogen) atoms. The third-order valence-corrected chi connectivity index (χ3v) is 7.07. The number of carbonyl (C=O) groups is 1. The molecule has 7 nitrogen and oxygen atoms in total. The molecule has 3 rings (SSSR count). The number of hydrogen-bond donors (Lipinski definition) is 2. The molecule has 0 radical (unpaired) electrons. The number of hydrogen-bond acceptors (Lipinski definition) is 3. The minimum atomic E-state index is -1.35. The summed E-state index contributed by atoms with van der Waals surface area (Å²) in [5.41, 5.74) is 13.4. The molecule has 3 atom stereocenters. The Morgan fingerprint density at radius 2 is 1.83 bits per heavy atom. The molecule has 1 amide bonds. The minimum absolute atomic E-state index is 0.283. The van der Waals surface area contributed by atoms with Crippen molar-refractivity contribution in [3.63, 3.8) is 0 Å². The van der Waals surface area contributed by atoms with E-state index in [0.29, 0.717) is 28.4 Å². The first kappa shape index (κ1) is 23.8. The monoisotopic (exact) mass is 448 g/mol. The van der Waals surface area contributed by atoms with Gasteiger partial charge in [-0.05, 0) is 37.5 Å². The fraction of sp³-hybridized carbons (Fsp3) is 0.333. The van der Waals surface area contributed by atoms with Gasteiger partial charge >= 0.3 is 0 Å². The molecule has 2 aromatic carbocycles. The van der Waals surface area contributed by atoms with Crippen LogP contribution in [0.1, 0.15) is 28.4 Å². The van der Waals surface area contributed by atoms with Crippen molar-refractivity contribution in [1.82, 2.24) is 0 Å². The maximum absolute atomic E-state index is 12.3. The van der Waals surface area contributed by atoms with Crippen LogP contribution in [0.25, 0.3) is 0 Å². The van der Waals surface area contributed by atoms with Gasteiger partial charge in [0, 0.05) is 24.1 Å². The molecular formula is C21H28N4O3S2. The smallest absolute Gasteiger partial charge is 0.280 e. The van der Waals surface area contributed by atoms with Crippen molar-refractivity contribution in [1.29, 1.82) is 0 Å².